The molecule has 0 aromatic rings. The Morgan fingerprint density at radius 1 is 1.20 bits per heavy atom. The number of urea groups is 1. The molecule has 0 unspecified atom stereocenters. The summed E-state index contributed by atoms with van der Waals surface area (Å²) in [5.41, 5.74) is 0. The fraction of sp³-hybridized carbons (Fsp3) is 0.769. The molecule has 0 bridgehead atoms. The number of carbonyl (C=O) groups excluding carboxylic acids is 1. The minimum Gasteiger partial charge on any atom is -0.481 e. The van der Waals surface area contributed by atoms with E-state index in [1.807, 2.05) is 0 Å². The van der Waals surface area contributed by atoms with Gasteiger partial charge in [-0.3, -0.25) is 4.79 Å². The van der Waals surface area contributed by atoms with Crippen molar-refractivity contribution in [2.75, 3.05) is 7.05 Å². The summed E-state index contributed by atoms with van der Waals surface area (Å²) in [6.45, 7) is 2.17. The topological polar surface area (TPSA) is 107 Å². The zero-order valence-corrected chi connectivity index (χ0v) is 11.8. The van der Waals surface area contributed by atoms with Crippen LogP contribution in [0.3, 0.4) is 0 Å². The monoisotopic (exact) mass is 286 g/mol. The summed E-state index contributed by atoms with van der Waals surface area (Å²) >= 11 is 0. The molecule has 1 rings (SSSR count). The van der Waals surface area contributed by atoms with E-state index in [0.717, 1.165) is 25.7 Å². The smallest absolute Gasteiger partial charge is 0.326 e. The van der Waals surface area contributed by atoms with Crippen LogP contribution < -0.4 is 5.32 Å². The van der Waals surface area contributed by atoms with Gasteiger partial charge in [-0.25, -0.2) is 9.59 Å². The van der Waals surface area contributed by atoms with Crippen molar-refractivity contribution >= 4 is 18.0 Å². The first kappa shape index (κ1) is 16.3. The Balaban J connectivity index is 2.55. The average Bonchev–Trinajstić information content (AvgIpc) is 2.37. The van der Waals surface area contributed by atoms with Gasteiger partial charge in [0.15, 0.2) is 0 Å². The zero-order chi connectivity index (χ0) is 15.3. The molecule has 7 heteroatoms. The largest absolute Gasteiger partial charge is 0.481 e. The van der Waals surface area contributed by atoms with Crippen LogP contribution >= 0.6 is 0 Å². The van der Waals surface area contributed by atoms with Crippen LogP contribution in [0.5, 0.6) is 0 Å². The lowest BCUT2D eigenvalue weighted by atomic mass is 9.87. The highest BCUT2D eigenvalue weighted by Gasteiger charge is 2.28. The molecule has 1 fully saturated rings. The molecule has 0 aromatic heterocycles. The quantitative estimate of drug-likeness (QED) is 0.702. The molecule has 0 saturated heterocycles. The van der Waals surface area contributed by atoms with Gasteiger partial charge >= 0.3 is 18.0 Å². The van der Waals surface area contributed by atoms with E-state index in [1.54, 1.807) is 7.05 Å². The molecule has 1 aliphatic rings. The molecule has 2 amide bonds. The van der Waals surface area contributed by atoms with Crippen LogP contribution in [0, 0.1) is 5.92 Å². The van der Waals surface area contributed by atoms with Gasteiger partial charge in [-0.05, 0) is 31.6 Å². The Morgan fingerprint density at radius 3 is 2.20 bits per heavy atom. The summed E-state index contributed by atoms with van der Waals surface area (Å²) < 4.78 is 0. The van der Waals surface area contributed by atoms with E-state index in [2.05, 4.69) is 12.2 Å². The van der Waals surface area contributed by atoms with Crippen LogP contribution in [0.2, 0.25) is 0 Å². The summed E-state index contributed by atoms with van der Waals surface area (Å²) in [5.74, 6) is -1.94. The summed E-state index contributed by atoms with van der Waals surface area (Å²) in [6.07, 6.45) is 3.24. The molecule has 0 heterocycles. The number of hydrogen-bond acceptors (Lipinski definition) is 3. The van der Waals surface area contributed by atoms with E-state index >= 15 is 0 Å². The van der Waals surface area contributed by atoms with Crippen molar-refractivity contribution in [3.05, 3.63) is 0 Å². The number of carboxylic acid groups (broad SMARTS) is 2. The number of amides is 2. The number of nitrogens with zero attached hydrogens (tertiary/aromatic N) is 1. The summed E-state index contributed by atoms with van der Waals surface area (Å²) in [4.78, 5) is 35.0. The molecule has 3 N–H and O–H groups in total. The van der Waals surface area contributed by atoms with Crippen LogP contribution in [0.15, 0.2) is 0 Å². The van der Waals surface area contributed by atoms with Gasteiger partial charge in [0.1, 0.15) is 6.04 Å². The van der Waals surface area contributed by atoms with E-state index < -0.39 is 30.4 Å². The minimum atomic E-state index is -1.40. The molecule has 7 nitrogen and oxygen atoms in total. The molecular formula is C13H22N2O5. The Labute approximate surface area is 117 Å². The highest BCUT2D eigenvalue weighted by atomic mass is 16.4. The second-order valence-corrected chi connectivity index (χ2v) is 5.46. The minimum absolute atomic E-state index is 0.0884. The first-order valence-corrected chi connectivity index (χ1v) is 6.79. The Bertz CT molecular complexity index is 377. The number of carboxylic acids is 2. The summed E-state index contributed by atoms with van der Waals surface area (Å²) in [7, 11) is 1.62. The van der Waals surface area contributed by atoms with Crippen LogP contribution in [-0.4, -0.2) is 52.2 Å². The Hall–Kier alpha value is -1.79. The maximum atomic E-state index is 12.0. The van der Waals surface area contributed by atoms with Gasteiger partial charge in [0.05, 0.1) is 6.42 Å². The van der Waals surface area contributed by atoms with E-state index in [1.165, 1.54) is 4.90 Å². The van der Waals surface area contributed by atoms with Crippen molar-refractivity contribution in [2.45, 2.75) is 51.1 Å². The zero-order valence-electron chi connectivity index (χ0n) is 11.8. The van der Waals surface area contributed by atoms with Crippen molar-refractivity contribution in [3.63, 3.8) is 0 Å². The fourth-order valence-corrected chi connectivity index (χ4v) is 2.42. The van der Waals surface area contributed by atoms with Gasteiger partial charge < -0.3 is 20.4 Å². The molecule has 0 aliphatic heterocycles. The number of hydrogen-bond donors (Lipinski definition) is 3. The Morgan fingerprint density at radius 2 is 1.75 bits per heavy atom. The van der Waals surface area contributed by atoms with Crippen LogP contribution in [0.25, 0.3) is 0 Å². The van der Waals surface area contributed by atoms with Crippen LogP contribution in [0.1, 0.15) is 39.0 Å². The van der Waals surface area contributed by atoms with Crippen molar-refractivity contribution in [1.29, 1.82) is 0 Å². The van der Waals surface area contributed by atoms with E-state index in [-0.39, 0.29) is 6.04 Å². The number of aliphatic carboxylic acids is 2. The summed E-state index contributed by atoms with van der Waals surface area (Å²) in [6, 6.07) is -1.84. The Kier molecular flexibility index (Phi) is 5.79. The predicted octanol–water partition coefficient (Wildman–Crippen LogP) is 1.13. The predicted molar refractivity (Wildman–Crippen MR) is 71.4 cm³/mol. The fourth-order valence-electron chi connectivity index (χ4n) is 2.42. The van der Waals surface area contributed by atoms with E-state index in [0.29, 0.717) is 5.92 Å². The molecule has 0 aromatic carbocycles. The molecule has 1 atom stereocenters. The average molecular weight is 286 g/mol. The third-order valence-electron chi connectivity index (χ3n) is 3.83. The van der Waals surface area contributed by atoms with E-state index in [9.17, 15) is 14.4 Å². The maximum Gasteiger partial charge on any atom is 0.326 e. The first-order chi connectivity index (χ1) is 9.31. The molecule has 20 heavy (non-hydrogen) atoms. The van der Waals surface area contributed by atoms with Crippen molar-refractivity contribution in [3.8, 4) is 0 Å². The molecule has 114 valence electrons. The molecule has 1 saturated carbocycles. The molecule has 1 aliphatic carbocycles. The normalized spacial score (nSPS) is 23.7. The molecule has 0 spiro atoms. The first-order valence-electron chi connectivity index (χ1n) is 6.79. The van der Waals surface area contributed by atoms with Gasteiger partial charge in [0.25, 0.3) is 0 Å². The second kappa shape index (κ2) is 7.12. The lowest BCUT2D eigenvalue weighted by molar-refractivity contribution is -0.145. The third-order valence-corrected chi connectivity index (χ3v) is 3.83. The van der Waals surface area contributed by atoms with Gasteiger partial charge in [0.2, 0.25) is 0 Å². The van der Waals surface area contributed by atoms with Crippen molar-refractivity contribution in [2.24, 2.45) is 5.92 Å². The van der Waals surface area contributed by atoms with Gasteiger partial charge in [-0.1, -0.05) is 6.92 Å². The standard InChI is InChI=1S/C13H22N2O5/c1-8-3-5-9(6-4-8)15(2)13(20)14-10(12(18)19)7-11(16)17/h8-10H,3-7H2,1-2H3,(H,14,20)(H,16,17)(H,18,19)/t8?,9?,10-/m0/s1. The highest BCUT2D eigenvalue weighted by molar-refractivity contribution is 5.86. The van der Waals surface area contributed by atoms with Gasteiger partial charge in [0, 0.05) is 13.1 Å². The highest BCUT2D eigenvalue weighted by Crippen LogP contribution is 2.26. The van der Waals surface area contributed by atoms with Crippen molar-refractivity contribution in [1.82, 2.24) is 10.2 Å². The SMILES string of the molecule is CC1CCC(N(C)C(=O)N[C@@H](CC(=O)O)C(=O)O)CC1. The summed E-state index contributed by atoms with van der Waals surface area (Å²) in [5, 5.41) is 19.8. The van der Waals surface area contributed by atoms with Gasteiger partial charge in [-0.15, -0.1) is 0 Å². The molecular weight excluding hydrogens is 264 g/mol. The third kappa shape index (κ3) is 4.71. The second-order valence-electron chi connectivity index (χ2n) is 5.46. The lowest BCUT2D eigenvalue weighted by Gasteiger charge is -2.34. The molecule has 0 radical (unpaired) electrons. The van der Waals surface area contributed by atoms with Crippen LogP contribution in [-0.2, 0) is 9.59 Å². The van der Waals surface area contributed by atoms with Gasteiger partial charge in [-0.2, -0.15) is 0 Å². The maximum absolute atomic E-state index is 12.0. The number of nitrogens with one attached hydrogen (secondary N) is 1. The number of carbonyl (C=O) groups is 3. The number of rotatable bonds is 5. The van der Waals surface area contributed by atoms with Crippen molar-refractivity contribution < 1.29 is 24.6 Å². The lowest BCUT2D eigenvalue weighted by Crippen LogP contribution is -2.51. The van der Waals surface area contributed by atoms with Crippen LogP contribution in [0.4, 0.5) is 4.79 Å². The van der Waals surface area contributed by atoms with E-state index in [4.69, 9.17) is 10.2 Å².